The van der Waals surface area contributed by atoms with Crippen LogP contribution in [0.1, 0.15) is 13.3 Å². The summed E-state index contributed by atoms with van der Waals surface area (Å²) in [6.45, 7) is 1.89. The predicted octanol–water partition coefficient (Wildman–Crippen LogP) is 4.49. The molecule has 6 heteroatoms. The summed E-state index contributed by atoms with van der Waals surface area (Å²) in [5, 5.41) is 0. The molecule has 0 aliphatic heterocycles. The molecular weight excluding hydrogens is 249 g/mol. The average molecular weight is 258 g/mol. The maximum atomic E-state index is 10.9. The molecule has 0 spiro atoms. The smallest absolute Gasteiger partial charge is 0.253 e. The number of halogens is 4. The van der Waals surface area contributed by atoms with E-state index < -0.39 is 10.7 Å². The van der Waals surface area contributed by atoms with Gasteiger partial charge in [-0.25, -0.2) is 0 Å². The standard InChI is InChI=1S/C5H9Cl4OP/c1-2-4(5(6)7)3-11(8,9)10/h4-5H,2-3H2,1H3. The molecule has 68 valence electrons. The third-order valence-electron chi connectivity index (χ3n) is 1.33. The van der Waals surface area contributed by atoms with E-state index in [0.717, 1.165) is 6.42 Å². The second-order valence-corrected chi connectivity index (χ2v) is 8.72. The Labute approximate surface area is 86.3 Å². The second kappa shape index (κ2) is 5.19. The first-order valence-electron chi connectivity index (χ1n) is 3.13. The predicted molar refractivity (Wildman–Crippen MR) is 53.5 cm³/mol. The van der Waals surface area contributed by atoms with Crippen LogP contribution in [0.2, 0.25) is 0 Å². The van der Waals surface area contributed by atoms with Crippen molar-refractivity contribution in [3.63, 3.8) is 0 Å². The highest BCUT2D eigenvalue weighted by Gasteiger charge is 2.24. The number of hydrogen-bond donors (Lipinski definition) is 0. The molecule has 0 aliphatic carbocycles. The van der Waals surface area contributed by atoms with E-state index in [1.165, 1.54) is 0 Å². The molecule has 0 aromatic rings. The van der Waals surface area contributed by atoms with E-state index in [9.17, 15) is 4.57 Å². The molecule has 0 saturated heterocycles. The number of hydrogen-bond acceptors (Lipinski definition) is 1. The van der Waals surface area contributed by atoms with Crippen molar-refractivity contribution in [1.82, 2.24) is 0 Å². The Morgan fingerprint density at radius 2 is 1.82 bits per heavy atom. The van der Waals surface area contributed by atoms with Gasteiger partial charge in [0.2, 0.25) is 0 Å². The summed E-state index contributed by atoms with van der Waals surface area (Å²) in [6, 6.07) is 0. The molecule has 1 unspecified atom stereocenters. The summed E-state index contributed by atoms with van der Waals surface area (Å²) >= 11 is 21.9. The maximum absolute atomic E-state index is 10.9. The van der Waals surface area contributed by atoms with Gasteiger partial charge in [-0.05, 0) is 28.4 Å². The summed E-state index contributed by atoms with van der Waals surface area (Å²) < 4.78 is 10.9. The SMILES string of the molecule is CCC(CP(=O)(Cl)Cl)C(Cl)Cl. The van der Waals surface area contributed by atoms with Gasteiger partial charge in [0, 0.05) is 6.16 Å². The Balaban J connectivity index is 3.99. The second-order valence-electron chi connectivity index (χ2n) is 2.26. The van der Waals surface area contributed by atoms with Crippen LogP contribution in [0.4, 0.5) is 0 Å². The van der Waals surface area contributed by atoms with Crippen molar-refractivity contribution >= 4 is 51.5 Å². The zero-order valence-corrected chi connectivity index (χ0v) is 9.85. The van der Waals surface area contributed by atoms with Crippen LogP contribution < -0.4 is 0 Å². The highest BCUT2D eigenvalue weighted by molar-refractivity contribution is 8.08. The topological polar surface area (TPSA) is 17.1 Å². The van der Waals surface area contributed by atoms with Gasteiger partial charge in [-0.1, -0.05) is 13.3 Å². The van der Waals surface area contributed by atoms with Gasteiger partial charge in [0.25, 0.3) is 5.85 Å². The van der Waals surface area contributed by atoms with E-state index in [2.05, 4.69) is 0 Å². The minimum atomic E-state index is -3.02. The van der Waals surface area contributed by atoms with Gasteiger partial charge in [0.05, 0.1) is 0 Å². The van der Waals surface area contributed by atoms with E-state index >= 15 is 0 Å². The fourth-order valence-corrected chi connectivity index (χ4v) is 3.52. The molecule has 1 atom stereocenters. The van der Waals surface area contributed by atoms with Crippen molar-refractivity contribution < 1.29 is 4.57 Å². The lowest BCUT2D eigenvalue weighted by atomic mass is 10.1. The quantitative estimate of drug-likeness (QED) is 0.536. The minimum absolute atomic E-state index is 0.0841. The molecule has 0 fully saturated rings. The van der Waals surface area contributed by atoms with Gasteiger partial charge in [0.1, 0.15) is 4.84 Å². The lowest BCUT2D eigenvalue weighted by molar-refractivity contribution is 0.566. The van der Waals surface area contributed by atoms with Gasteiger partial charge < -0.3 is 0 Å². The van der Waals surface area contributed by atoms with Crippen LogP contribution in [-0.2, 0) is 4.57 Å². The van der Waals surface area contributed by atoms with E-state index in [1.54, 1.807) is 0 Å². The Bertz CT molecular complexity index is 155. The van der Waals surface area contributed by atoms with Gasteiger partial charge >= 0.3 is 0 Å². The van der Waals surface area contributed by atoms with Crippen molar-refractivity contribution in [2.45, 2.75) is 18.2 Å². The largest absolute Gasteiger partial charge is 0.289 e. The number of alkyl halides is 2. The van der Waals surface area contributed by atoms with Crippen LogP contribution >= 0.6 is 51.5 Å². The zero-order chi connectivity index (χ0) is 9.07. The summed E-state index contributed by atoms with van der Waals surface area (Å²) in [5.41, 5.74) is 0. The molecule has 0 N–H and O–H groups in total. The summed E-state index contributed by atoms with van der Waals surface area (Å²) in [6.07, 6.45) is 0.908. The molecule has 0 aliphatic rings. The van der Waals surface area contributed by atoms with E-state index in [1.807, 2.05) is 6.92 Å². The van der Waals surface area contributed by atoms with Crippen LogP contribution in [0.5, 0.6) is 0 Å². The van der Waals surface area contributed by atoms with Gasteiger partial charge in [-0.2, -0.15) is 0 Å². The van der Waals surface area contributed by atoms with Crippen LogP contribution in [0.15, 0.2) is 0 Å². The zero-order valence-electron chi connectivity index (χ0n) is 5.94. The third kappa shape index (κ3) is 6.54. The van der Waals surface area contributed by atoms with Gasteiger partial charge in [-0.3, -0.25) is 4.57 Å². The lowest BCUT2D eigenvalue weighted by Gasteiger charge is -2.15. The Hall–Kier alpha value is 1.39. The maximum Gasteiger partial charge on any atom is 0.253 e. The molecule has 0 saturated carbocycles. The van der Waals surface area contributed by atoms with Crippen molar-refractivity contribution in [1.29, 1.82) is 0 Å². The molecule has 0 radical (unpaired) electrons. The Morgan fingerprint density at radius 3 is 1.91 bits per heavy atom. The fourth-order valence-electron chi connectivity index (χ4n) is 0.660. The van der Waals surface area contributed by atoms with Crippen molar-refractivity contribution in [3.05, 3.63) is 0 Å². The van der Waals surface area contributed by atoms with Gasteiger partial charge in [0.15, 0.2) is 0 Å². The molecule has 0 bridgehead atoms. The first-order valence-corrected chi connectivity index (χ1v) is 7.71. The highest BCUT2D eigenvalue weighted by Crippen LogP contribution is 2.58. The fraction of sp³-hybridized carbons (Fsp3) is 1.00. The van der Waals surface area contributed by atoms with E-state index in [-0.39, 0.29) is 12.1 Å². The molecule has 0 rings (SSSR count). The van der Waals surface area contributed by atoms with Crippen LogP contribution in [0.25, 0.3) is 0 Å². The average Bonchev–Trinajstić information content (AvgIpc) is 1.80. The first kappa shape index (κ1) is 12.4. The molecular formula is C5H9Cl4OP. The first-order chi connectivity index (χ1) is 4.87. The monoisotopic (exact) mass is 256 g/mol. The summed E-state index contributed by atoms with van der Waals surface area (Å²) in [5.74, 6) is -3.10. The van der Waals surface area contributed by atoms with Crippen molar-refractivity contribution in [2.75, 3.05) is 6.16 Å². The van der Waals surface area contributed by atoms with E-state index in [4.69, 9.17) is 45.7 Å². The summed E-state index contributed by atoms with van der Waals surface area (Å²) in [7, 11) is 0. The Kier molecular flexibility index (Phi) is 5.85. The summed E-state index contributed by atoms with van der Waals surface area (Å²) in [4.78, 5) is -0.550. The molecule has 0 aromatic carbocycles. The number of rotatable bonds is 4. The van der Waals surface area contributed by atoms with Crippen molar-refractivity contribution in [3.8, 4) is 0 Å². The van der Waals surface area contributed by atoms with Crippen molar-refractivity contribution in [2.24, 2.45) is 5.92 Å². The van der Waals surface area contributed by atoms with Gasteiger partial charge in [-0.15, -0.1) is 23.2 Å². The van der Waals surface area contributed by atoms with Crippen LogP contribution in [0, 0.1) is 5.92 Å². The minimum Gasteiger partial charge on any atom is -0.289 e. The molecule has 0 heterocycles. The van der Waals surface area contributed by atoms with E-state index in [0.29, 0.717) is 0 Å². The third-order valence-corrected chi connectivity index (χ3v) is 3.76. The molecule has 1 nitrogen and oxygen atoms in total. The molecule has 11 heavy (non-hydrogen) atoms. The molecule has 0 amide bonds. The van der Waals surface area contributed by atoms with Crippen LogP contribution in [0.3, 0.4) is 0 Å². The van der Waals surface area contributed by atoms with Crippen LogP contribution in [-0.4, -0.2) is 11.0 Å². The normalized spacial score (nSPS) is 15.5. The highest BCUT2D eigenvalue weighted by atomic mass is 35.9. The molecule has 0 aromatic heterocycles. The lowest BCUT2D eigenvalue weighted by Crippen LogP contribution is -2.11. The Morgan fingerprint density at radius 1 is 1.36 bits per heavy atom.